The highest BCUT2D eigenvalue weighted by molar-refractivity contribution is 6.09. The van der Waals surface area contributed by atoms with E-state index < -0.39 is 0 Å². The molecule has 0 saturated carbocycles. The van der Waals surface area contributed by atoms with E-state index in [-0.39, 0.29) is 11.8 Å². The third-order valence-corrected chi connectivity index (χ3v) is 5.27. The SMILES string of the molecule is CCNCC1CCN(C(=O)c2ccccc2NC(=O)c2cccc(C)c2)CC1. The molecular formula is C23H29N3O2. The van der Waals surface area contributed by atoms with Gasteiger partial charge in [-0.3, -0.25) is 9.59 Å². The Hall–Kier alpha value is -2.66. The van der Waals surface area contributed by atoms with E-state index in [1.165, 1.54) is 0 Å². The Bertz CT molecular complexity index is 826. The number of para-hydroxylation sites is 1. The molecule has 5 nitrogen and oxygen atoms in total. The lowest BCUT2D eigenvalue weighted by molar-refractivity contribution is 0.0691. The maximum absolute atomic E-state index is 13.1. The summed E-state index contributed by atoms with van der Waals surface area (Å²) < 4.78 is 0. The van der Waals surface area contributed by atoms with Crippen LogP contribution in [0.3, 0.4) is 0 Å². The second-order valence-corrected chi connectivity index (χ2v) is 7.41. The van der Waals surface area contributed by atoms with Crippen LogP contribution in [0.5, 0.6) is 0 Å². The van der Waals surface area contributed by atoms with Crippen molar-refractivity contribution in [2.45, 2.75) is 26.7 Å². The molecule has 2 N–H and O–H groups in total. The number of amides is 2. The van der Waals surface area contributed by atoms with Gasteiger partial charge < -0.3 is 15.5 Å². The fraction of sp³-hybridized carbons (Fsp3) is 0.391. The van der Waals surface area contributed by atoms with Gasteiger partial charge in [0.15, 0.2) is 0 Å². The monoisotopic (exact) mass is 379 g/mol. The quantitative estimate of drug-likeness (QED) is 0.804. The molecule has 0 aromatic heterocycles. The molecule has 1 saturated heterocycles. The van der Waals surface area contributed by atoms with Crippen LogP contribution in [0.2, 0.25) is 0 Å². The molecule has 28 heavy (non-hydrogen) atoms. The average molecular weight is 380 g/mol. The lowest BCUT2D eigenvalue weighted by atomic mass is 9.96. The maximum atomic E-state index is 13.1. The minimum atomic E-state index is -0.201. The van der Waals surface area contributed by atoms with Gasteiger partial charge in [-0.15, -0.1) is 0 Å². The summed E-state index contributed by atoms with van der Waals surface area (Å²) >= 11 is 0. The third kappa shape index (κ3) is 4.98. The first-order chi connectivity index (χ1) is 13.6. The van der Waals surface area contributed by atoms with Gasteiger partial charge >= 0.3 is 0 Å². The first-order valence-corrected chi connectivity index (χ1v) is 10.1. The zero-order chi connectivity index (χ0) is 19.9. The number of nitrogens with one attached hydrogen (secondary N) is 2. The molecule has 0 unspecified atom stereocenters. The summed E-state index contributed by atoms with van der Waals surface area (Å²) in [6, 6.07) is 14.7. The van der Waals surface area contributed by atoms with Crippen molar-refractivity contribution in [3.05, 3.63) is 65.2 Å². The molecular weight excluding hydrogens is 350 g/mol. The molecule has 148 valence electrons. The van der Waals surface area contributed by atoms with Crippen LogP contribution < -0.4 is 10.6 Å². The minimum absolute atomic E-state index is 0.0120. The van der Waals surface area contributed by atoms with Gasteiger partial charge in [0.05, 0.1) is 11.3 Å². The van der Waals surface area contributed by atoms with Crippen molar-refractivity contribution in [2.75, 3.05) is 31.5 Å². The van der Waals surface area contributed by atoms with Crippen molar-refractivity contribution >= 4 is 17.5 Å². The molecule has 1 fully saturated rings. The lowest BCUT2D eigenvalue weighted by Gasteiger charge is -2.32. The van der Waals surface area contributed by atoms with Crippen LogP contribution >= 0.6 is 0 Å². The number of piperidine rings is 1. The number of hydrogen-bond acceptors (Lipinski definition) is 3. The highest BCUT2D eigenvalue weighted by Crippen LogP contribution is 2.23. The largest absolute Gasteiger partial charge is 0.339 e. The summed E-state index contributed by atoms with van der Waals surface area (Å²) in [6.07, 6.45) is 2.02. The summed E-state index contributed by atoms with van der Waals surface area (Å²) in [5, 5.41) is 6.31. The second kappa shape index (κ2) is 9.51. The van der Waals surface area contributed by atoms with Crippen molar-refractivity contribution in [3.8, 4) is 0 Å². The number of anilines is 1. The Balaban J connectivity index is 1.68. The van der Waals surface area contributed by atoms with Crippen LogP contribution in [0.25, 0.3) is 0 Å². The number of carbonyl (C=O) groups is 2. The van der Waals surface area contributed by atoms with Gasteiger partial charge in [0.2, 0.25) is 0 Å². The van der Waals surface area contributed by atoms with Gasteiger partial charge in [0.1, 0.15) is 0 Å². The van der Waals surface area contributed by atoms with E-state index in [0.29, 0.717) is 22.7 Å². The number of hydrogen-bond donors (Lipinski definition) is 2. The van der Waals surface area contributed by atoms with Crippen molar-refractivity contribution in [2.24, 2.45) is 5.92 Å². The zero-order valence-corrected chi connectivity index (χ0v) is 16.7. The molecule has 5 heteroatoms. The predicted octanol–water partition coefficient (Wildman–Crippen LogP) is 3.71. The van der Waals surface area contributed by atoms with Gasteiger partial charge in [-0.2, -0.15) is 0 Å². The van der Waals surface area contributed by atoms with Gasteiger partial charge in [0, 0.05) is 18.7 Å². The summed E-state index contributed by atoms with van der Waals surface area (Å²) in [4.78, 5) is 27.6. The number of aryl methyl sites for hydroxylation is 1. The normalized spacial score (nSPS) is 14.7. The van der Waals surface area contributed by atoms with E-state index in [1.807, 2.05) is 42.2 Å². The molecule has 0 spiro atoms. The number of nitrogens with zero attached hydrogens (tertiary/aromatic N) is 1. The Kier molecular flexibility index (Phi) is 6.82. The van der Waals surface area contributed by atoms with Crippen molar-refractivity contribution < 1.29 is 9.59 Å². The fourth-order valence-electron chi connectivity index (χ4n) is 3.62. The summed E-state index contributed by atoms with van der Waals surface area (Å²) in [7, 11) is 0. The fourth-order valence-corrected chi connectivity index (χ4v) is 3.62. The molecule has 2 aromatic rings. The van der Waals surface area contributed by atoms with Crippen LogP contribution in [-0.2, 0) is 0 Å². The first kappa shape index (κ1) is 20.1. The Morgan fingerprint density at radius 3 is 2.54 bits per heavy atom. The van der Waals surface area contributed by atoms with E-state index in [2.05, 4.69) is 17.6 Å². The number of carbonyl (C=O) groups excluding carboxylic acids is 2. The summed E-state index contributed by atoms with van der Waals surface area (Å²) in [5.41, 5.74) is 2.73. The standard InChI is InChI=1S/C23H29N3O2/c1-3-24-16-18-11-13-26(14-12-18)23(28)20-9-4-5-10-21(20)25-22(27)19-8-6-7-17(2)15-19/h4-10,15,18,24H,3,11-14,16H2,1-2H3,(H,25,27). The van der Waals surface area contributed by atoms with E-state index >= 15 is 0 Å². The minimum Gasteiger partial charge on any atom is -0.339 e. The van der Waals surface area contributed by atoms with Crippen molar-refractivity contribution in [1.29, 1.82) is 0 Å². The van der Waals surface area contributed by atoms with Crippen LogP contribution in [0.1, 0.15) is 46.0 Å². The molecule has 1 heterocycles. The van der Waals surface area contributed by atoms with E-state index in [4.69, 9.17) is 0 Å². The van der Waals surface area contributed by atoms with Crippen LogP contribution in [0.4, 0.5) is 5.69 Å². The number of rotatable bonds is 6. The first-order valence-electron chi connectivity index (χ1n) is 10.1. The van der Waals surface area contributed by atoms with Crippen molar-refractivity contribution in [3.63, 3.8) is 0 Å². The van der Waals surface area contributed by atoms with Gasteiger partial charge in [-0.05, 0) is 63.0 Å². The molecule has 2 aromatic carbocycles. The highest BCUT2D eigenvalue weighted by atomic mass is 16.2. The van der Waals surface area contributed by atoms with Crippen LogP contribution in [-0.4, -0.2) is 42.9 Å². The van der Waals surface area contributed by atoms with Crippen molar-refractivity contribution in [1.82, 2.24) is 10.2 Å². The Labute approximate surface area is 167 Å². The average Bonchev–Trinajstić information content (AvgIpc) is 2.72. The zero-order valence-electron chi connectivity index (χ0n) is 16.7. The summed E-state index contributed by atoms with van der Waals surface area (Å²) in [5.74, 6) is 0.413. The predicted molar refractivity (Wildman–Crippen MR) is 113 cm³/mol. The second-order valence-electron chi connectivity index (χ2n) is 7.41. The topological polar surface area (TPSA) is 61.4 Å². The van der Waals surface area contributed by atoms with Gasteiger partial charge in [-0.25, -0.2) is 0 Å². The van der Waals surface area contributed by atoms with E-state index in [0.717, 1.165) is 44.6 Å². The highest BCUT2D eigenvalue weighted by Gasteiger charge is 2.25. The number of likely N-dealkylation sites (tertiary alicyclic amines) is 1. The van der Waals surface area contributed by atoms with Gasteiger partial charge in [0.25, 0.3) is 11.8 Å². The lowest BCUT2D eigenvalue weighted by Crippen LogP contribution is -2.41. The molecule has 0 radical (unpaired) electrons. The Morgan fingerprint density at radius 1 is 1.07 bits per heavy atom. The molecule has 1 aliphatic rings. The van der Waals surface area contributed by atoms with E-state index in [9.17, 15) is 9.59 Å². The third-order valence-electron chi connectivity index (χ3n) is 5.27. The van der Waals surface area contributed by atoms with Crippen LogP contribution in [0.15, 0.2) is 48.5 Å². The summed E-state index contributed by atoms with van der Waals surface area (Å²) in [6.45, 7) is 7.58. The van der Waals surface area contributed by atoms with E-state index in [1.54, 1.807) is 18.2 Å². The maximum Gasteiger partial charge on any atom is 0.255 e. The Morgan fingerprint density at radius 2 is 1.82 bits per heavy atom. The molecule has 0 atom stereocenters. The molecule has 0 bridgehead atoms. The molecule has 1 aliphatic heterocycles. The molecule has 3 rings (SSSR count). The number of benzene rings is 2. The van der Waals surface area contributed by atoms with Gasteiger partial charge in [-0.1, -0.05) is 36.8 Å². The smallest absolute Gasteiger partial charge is 0.255 e. The molecule has 0 aliphatic carbocycles. The molecule has 2 amide bonds. The van der Waals surface area contributed by atoms with Crippen LogP contribution in [0, 0.1) is 12.8 Å².